The summed E-state index contributed by atoms with van der Waals surface area (Å²) in [6, 6.07) is 0.387. The fourth-order valence-electron chi connectivity index (χ4n) is 0.878. The molecule has 0 aliphatic carbocycles. The summed E-state index contributed by atoms with van der Waals surface area (Å²) in [5.41, 5.74) is 3.01. The van der Waals surface area contributed by atoms with Crippen LogP contribution in [0.25, 0.3) is 0 Å². The van der Waals surface area contributed by atoms with E-state index in [1.807, 2.05) is 0 Å². The minimum Gasteiger partial charge on any atom is -0.347 e. The van der Waals surface area contributed by atoms with Crippen molar-refractivity contribution in [3.63, 3.8) is 0 Å². The molecular weight excluding hydrogens is 132 g/mol. The highest BCUT2D eigenvalue weighted by atomic mass is 15.7. The van der Waals surface area contributed by atoms with Gasteiger partial charge in [-0.05, 0) is 17.4 Å². The van der Waals surface area contributed by atoms with Gasteiger partial charge in [-0.25, -0.2) is 0 Å². The molecule has 1 aromatic heterocycles. The molecule has 0 aromatic carbocycles. The summed E-state index contributed by atoms with van der Waals surface area (Å²) in [4.78, 5) is 1.53. The van der Waals surface area contributed by atoms with Crippen LogP contribution in [0.1, 0.15) is 6.92 Å². The lowest BCUT2D eigenvalue weighted by Gasteiger charge is -2.20. The van der Waals surface area contributed by atoms with Gasteiger partial charge in [0.15, 0.2) is 0 Å². The Morgan fingerprint density at radius 2 is 2.60 bits per heavy atom. The molecule has 1 atom stereocenters. The van der Waals surface area contributed by atoms with Crippen molar-refractivity contribution in [1.82, 2.24) is 20.3 Å². The first-order valence-electron chi connectivity index (χ1n) is 3.15. The Morgan fingerprint density at radius 3 is 3.50 bits per heavy atom. The summed E-state index contributed by atoms with van der Waals surface area (Å²) < 4.78 is 0. The van der Waals surface area contributed by atoms with Crippen LogP contribution in [0.15, 0.2) is 0 Å². The van der Waals surface area contributed by atoms with Gasteiger partial charge in [0, 0.05) is 6.04 Å². The molecule has 0 saturated heterocycles. The van der Waals surface area contributed by atoms with Crippen molar-refractivity contribution in [1.29, 1.82) is 0 Å². The van der Waals surface area contributed by atoms with E-state index in [4.69, 9.17) is 0 Å². The van der Waals surface area contributed by atoms with E-state index in [0.717, 1.165) is 6.54 Å². The van der Waals surface area contributed by atoms with Crippen molar-refractivity contribution in [2.75, 3.05) is 17.3 Å². The molecule has 10 heavy (non-hydrogen) atoms. The topological polar surface area (TPSA) is 67.7 Å². The molecule has 0 saturated carbocycles. The first-order valence-corrected chi connectivity index (χ1v) is 3.15. The highest BCUT2D eigenvalue weighted by Crippen LogP contribution is 2.03. The predicted octanol–water partition coefficient (Wildman–Crippen LogP) is -0.969. The SMILES string of the molecule is CC1CNn2nnnc2N1. The Hall–Kier alpha value is -1.33. The van der Waals surface area contributed by atoms with Gasteiger partial charge in [0.1, 0.15) is 0 Å². The van der Waals surface area contributed by atoms with Gasteiger partial charge >= 0.3 is 0 Å². The Balaban J connectivity index is 2.30. The zero-order chi connectivity index (χ0) is 6.97. The highest BCUT2D eigenvalue weighted by Gasteiger charge is 2.14. The maximum atomic E-state index is 3.74. The number of rotatable bonds is 0. The van der Waals surface area contributed by atoms with E-state index in [1.54, 1.807) is 0 Å². The van der Waals surface area contributed by atoms with Crippen LogP contribution in [0.3, 0.4) is 0 Å². The number of anilines is 1. The van der Waals surface area contributed by atoms with Crippen molar-refractivity contribution in [2.45, 2.75) is 13.0 Å². The Labute approximate surface area is 57.6 Å². The maximum Gasteiger partial charge on any atom is 0.263 e. The normalized spacial score (nSPS) is 22.7. The molecule has 0 radical (unpaired) electrons. The largest absolute Gasteiger partial charge is 0.347 e. The van der Waals surface area contributed by atoms with Gasteiger partial charge < -0.3 is 10.7 Å². The van der Waals surface area contributed by atoms with Crippen molar-refractivity contribution in [3.05, 3.63) is 0 Å². The van der Waals surface area contributed by atoms with Gasteiger partial charge in [0.25, 0.3) is 5.95 Å². The molecule has 54 valence electrons. The molecule has 2 rings (SSSR count). The molecule has 0 amide bonds. The number of hydrogen-bond donors (Lipinski definition) is 2. The summed E-state index contributed by atoms with van der Waals surface area (Å²) in [5, 5.41) is 14.0. The zero-order valence-electron chi connectivity index (χ0n) is 5.57. The number of nitrogens with one attached hydrogen (secondary N) is 2. The molecule has 1 unspecified atom stereocenters. The summed E-state index contributed by atoms with van der Waals surface area (Å²) in [5.74, 6) is 0.679. The molecule has 1 aliphatic heterocycles. The van der Waals surface area contributed by atoms with Crippen molar-refractivity contribution in [3.8, 4) is 0 Å². The average Bonchev–Trinajstić information content (AvgIpc) is 2.33. The molecule has 1 aliphatic rings. The minimum atomic E-state index is 0.387. The minimum absolute atomic E-state index is 0.387. The van der Waals surface area contributed by atoms with Crippen molar-refractivity contribution in [2.24, 2.45) is 0 Å². The van der Waals surface area contributed by atoms with Crippen molar-refractivity contribution < 1.29 is 0 Å². The standard InChI is InChI=1S/C4H8N6/c1-3-2-5-10-4(6-3)7-8-9-10/h3,5H,2H2,1H3,(H,6,7,9). The Bertz CT molecular complexity index is 229. The molecule has 0 spiro atoms. The monoisotopic (exact) mass is 140 g/mol. The van der Waals surface area contributed by atoms with Gasteiger partial charge in [-0.2, -0.15) is 0 Å². The second-order valence-electron chi connectivity index (χ2n) is 2.32. The molecule has 6 heteroatoms. The second-order valence-corrected chi connectivity index (χ2v) is 2.32. The first kappa shape index (κ1) is 5.45. The third-order valence-corrected chi connectivity index (χ3v) is 1.39. The van der Waals surface area contributed by atoms with E-state index >= 15 is 0 Å². The quantitative estimate of drug-likeness (QED) is 0.485. The van der Waals surface area contributed by atoms with E-state index in [2.05, 4.69) is 33.2 Å². The maximum absolute atomic E-state index is 3.74. The summed E-state index contributed by atoms with van der Waals surface area (Å²) >= 11 is 0. The Morgan fingerprint density at radius 1 is 1.70 bits per heavy atom. The lowest BCUT2D eigenvalue weighted by Crippen LogP contribution is -2.37. The van der Waals surface area contributed by atoms with Crippen LogP contribution >= 0.6 is 0 Å². The zero-order valence-corrected chi connectivity index (χ0v) is 5.57. The smallest absolute Gasteiger partial charge is 0.263 e. The van der Waals surface area contributed by atoms with Gasteiger partial charge in [-0.3, -0.25) is 0 Å². The van der Waals surface area contributed by atoms with Crippen LogP contribution < -0.4 is 10.7 Å². The lowest BCUT2D eigenvalue weighted by atomic mass is 10.3. The van der Waals surface area contributed by atoms with Crippen LogP contribution in [0.4, 0.5) is 5.95 Å². The molecule has 1 aromatic rings. The molecule has 0 bridgehead atoms. The molecule has 6 nitrogen and oxygen atoms in total. The average molecular weight is 140 g/mol. The highest BCUT2D eigenvalue weighted by molar-refractivity contribution is 5.27. The summed E-state index contributed by atoms with van der Waals surface area (Å²) in [6.07, 6.45) is 0. The van der Waals surface area contributed by atoms with Crippen LogP contribution in [0.5, 0.6) is 0 Å². The van der Waals surface area contributed by atoms with E-state index in [9.17, 15) is 0 Å². The van der Waals surface area contributed by atoms with E-state index < -0.39 is 0 Å². The van der Waals surface area contributed by atoms with Crippen LogP contribution in [-0.4, -0.2) is 32.9 Å². The van der Waals surface area contributed by atoms with Gasteiger partial charge in [0.2, 0.25) is 0 Å². The van der Waals surface area contributed by atoms with E-state index in [-0.39, 0.29) is 0 Å². The molecular formula is C4H8N6. The van der Waals surface area contributed by atoms with E-state index in [1.165, 1.54) is 4.79 Å². The molecule has 2 heterocycles. The third kappa shape index (κ3) is 0.687. The van der Waals surface area contributed by atoms with Gasteiger partial charge in [-0.15, -0.1) is 4.79 Å². The first-order chi connectivity index (χ1) is 4.86. The molecule has 2 N–H and O–H groups in total. The summed E-state index contributed by atoms with van der Waals surface area (Å²) in [6.45, 7) is 2.91. The predicted molar refractivity (Wildman–Crippen MR) is 35.1 cm³/mol. The fraction of sp³-hybridized carbons (Fsp3) is 0.750. The van der Waals surface area contributed by atoms with Crippen LogP contribution in [-0.2, 0) is 0 Å². The lowest BCUT2D eigenvalue weighted by molar-refractivity contribution is 0.626. The van der Waals surface area contributed by atoms with E-state index in [0.29, 0.717) is 12.0 Å². The number of aromatic nitrogens is 4. The summed E-state index contributed by atoms with van der Waals surface area (Å²) in [7, 11) is 0. The number of tetrazole rings is 1. The van der Waals surface area contributed by atoms with Crippen LogP contribution in [0, 0.1) is 0 Å². The van der Waals surface area contributed by atoms with Crippen molar-refractivity contribution >= 4 is 5.95 Å². The van der Waals surface area contributed by atoms with Crippen LogP contribution in [0.2, 0.25) is 0 Å². The number of nitrogens with zero attached hydrogens (tertiary/aromatic N) is 4. The number of fused-ring (bicyclic) bond motifs is 1. The molecule has 0 fully saturated rings. The Kier molecular flexibility index (Phi) is 0.996. The second kappa shape index (κ2) is 1.83. The van der Waals surface area contributed by atoms with Gasteiger partial charge in [0.05, 0.1) is 6.54 Å². The van der Waals surface area contributed by atoms with Gasteiger partial charge in [-0.1, -0.05) is 5.10 Å². The fourth-order valence-corrected chi connectivity index (χ4v) is 0.878. The number of hydrogen-bond acceptors (Lipinski definition) is 5. The third-order valence-electron chi connectivity index (χ3n) is 1.39.